The van der Waals surface area contributed by atoms with E-state index < -0.39 is 0 Å². The Bertz CT molecular complexity index is 1140. The SMILES string of the molecule is CC(=O)Nc1nccn1-c1ccc(SC(CCc2ccc(Cl)cc2)Cn2ccnc2)cc1. The van der Waals surface area contributed by atoms with E-state index in [1.165, 1.54) is 17.4 Å². The Labute approximate surface area is 196 Å². The summed E-state index contributed by atoms with van der Waals surface area (Å²) in [6, 6.07) is 16.4. The summed E-state index contributed by atoms with van der Waals surface area (Å²) in [5, 5.41) is 3.90. The number of thioether (sulfide) groups is 1. The maximum atomic E-state index is 11.4. The summed E-state index contributed by atoms with van der Waals surface area (Å²) >= 11 is 7.88. The van der Waals surface area contributed by atoms with E-state index >= 15 is 0 Å². The standard InChI is InChI=1S/C24H24ClN5OS/c1-18(31)28-24-27-13-15-30(24)21-7-10-22(11-8-21)32-23(16-29-14-12-26-17-29)9-4-19-2-5-20(25)6-3-19/h2-3,5-8,10-15,17,23H,4,9,16H2,1H3,(H,27,28,31). The molecule has 1 N–H and O–H groups in total. The average molecular weight is 466 g/mol. The van der Waals surface area contributed by atoms with Crippen LogP contribution in [0, 0.1) is 0 Å². The highest BCUT2D eigenvalue weighted by Gasteiger charge is 2.13. The lowest BCUT2D eigenvalue weighted by molar-refractivity contribution is -0.114. The molecule has 32 heavy (non-hydrogen) atoms. The van der Waals surface area contributed by atoms with Gasteiger partial charge in [-0.1, -0.05) is 23.7 Å². The summed E-state index contributed by atoms with van der Waals surface area (Å²) in [5.41, 5.74) is 2.23. The van der Waals surface area contributed by atoms with Gasteiger partial charge in [-0.2, -0.15) is 0 Å². The van der Waals surface area contributed by atoms with Crippen molar-refractivity contribution in [2.75, 3.05) is 5.32 Å². The first-order valence-electron chi connectivity index (χ1n) is 10.3. The Morgan fingerprint density at radius 2 is 1.88 bits per heavy atom. The maximum absolute atomic E-state index is 11.4. The second-order valence-electron chi connectivity index (χ2n) is 7.46. The normalized spacial score (nSPS) is 11.9. The number of nitrogens with zero attached hydrogens (tertiary/aromatic N) is 4. The van der Waals surface area contributed by atoms with E-state index in [9.17, 15) is 4.79 Å². The van der Waals surface area contributed by atoms with Crippen molar-refractivity contribution in [1.82, 2.24) is 19.1 Å². The molecule has 6 nitrogen and oxygen atoms in total. The molecule has 1 unspecified atom stereocenters. The van der Waals surface area contributed by atoms with Crippen molar-refractivity contribution in [3.05, 3.63) is 90.2 Å². The topological polar surface area (TPSA) is 64.7 Å². The lowest BCUT2D eigenvalue weighted by Gasteiger charge is -2.18. The highest BCUT2D eigenvalue weighted by atomic mass is 35.5. The van der Waals surface area contributed by atoms with Crippen LogP contribution in [-0.4, -0.2) is 30.3 Å². The Kier molecular flexibility index (Phi) is 7.29. The zero-order chi connectivity index (χ0) is 22.3. The molecule has 4 aromatic rings. The molecular weight excluding hydrogens is 442 g/mol. The molecular formula is C24H24ClN5OS. The number of anilines is 1. The van der Waals surface area contributed by atoms with Crippen molar-refractivity contribution >= 4 is 35.2 Å². The number of hydrogen-bond donors (Lipinski definition) is 1. The molecule has 0 spiro atoms. The van der Waals surface area contributed by atoms with Gasteiger partial charge in [0, 0.05) is 59.1 Å². The van der Waals surface area contributed by atoms with Crippen LogP contribution >= 0.6 is 23.4 Å². The molecule has 2 aromatic carbocycles. The number of hydrogen-bond acceptors (Lipinski definition) is 4. The van der Waals surface area contributed by atoms with Crippen LogP contribution in [-0.2, 0) is 17.8 Å². The molecule has 0 radical (unpaired) electrons. The minimum absolute atomic E-state index is 0.146. The summed E-state index contributed by atoms with van der Waals surface area (Å²) in [6.07, 6.45) is 11.2. The van der Waals surface area contributed by atoms with Gasteiger partial charge in [0.2, 0.25) is 11.9 Å². The van der Waals surface area contributed by atoms with Crippen molar-refractivity contribution in [2.45, 2.75) is 36.5 Å². The number of benzene rings is 2. The number of halogens is 1. The quantitative estimate of drug-likeness (QED) is 0.333. The molecule has 4 rings (SSSR count). The van der Waals surface area contributed by atoms with Crippen LogP contribution in [0.4, 0.5) is 5.95 Å². The van der Waals surface area contributed by atoms with Crippen LogP contribution in [0.5, 0.6) is 0 Å². The first-order valence-corrected chi connectivity index (χ1v) is 11.6. The predicted octanol–water partition coefficient (Wildman–Crippen LogP) is 5.47. The molecule has 0 bridgehead atoms. The van der Waals surface area contributed by atoms with Gasteiger partial charge in [0.15, 0.2) is 0 Å². The highest BCUT2D eigenvalue weighted by molar-refractivity contribution is 8.00. The van der Waals surface area contributed by atoms with Crippen molar-refractivity contribution in [2.24, 2.45) is 0 Å². The van der Waals surface area contributed by atoms with Crippen molar-refractivity contribution in [3.63, 3.8) is 0 Å². The summed E-state index contributed by atoms with van der Waals surface area (Å²) in [5.74, 6) is 0.367. The Morgan fingerprint density at radius 3 is 2.56 bits per heavy atom. The number of rotatable bonds is 9. The Balaban J connectivity index is 1.45. The number of carbonyl (C=O) groups is 1. The van der Waals surface area contributed by atoms with Gasteiger partial charge in [-0.05, 0) is 54.8 Å². The van der Waals surface area contributed by atoms with Crippen molar-refractivity contribution in [3.8, 4) is 5.69 Å². The van der Waals surface area contributed by atoms with E-state index in [2.05, 4.69) is 44.1 Å². The molecule has 0 aliphatic carbocycles. The number of imidazole rings is 2. The second-order valence-corrected chi connectivity index (χ2v) is 9.27. The molecule has 1 atom stereocenters. The molecule has 2 aromatic heterocycles. The van der Waals surface area contributed by atoms with Crippen LogP contribution in [0.25, 0.3) is 5.69 Å². The molecule has 164 valence electrons. The first-order chi connectivity index (χ1) is 15.6. The largest absolute Gasteiger partial charge is 0.336 e. The molecule has 0 aliphatic heterocycles. The molecule has 0 saturated heterocycles. The van der Waals surface area contributed by atoms with Gasteiger partial charge >= 0.3 is 0 Å². The molecule has 0 aliphatic rings. The van der Waals surface area contributed by atoms with E-state index in [1.54, 1.807) is 6.20 Å². The van der Waals surface area contributed by atoms with Crippen LogP contribution in [0.3, 0.4) is 0 Å². The molecule has 0 fully saturated rings. The van der Waals surface area contributed by atoms with Crippen LogP contribution < -0.4 is 5.32 Å². The fourth-order valence-corrected chi connectivity index (χ4v) is 4.72. The zero-order valence-corrected chi connectivity index (χ0v) is 19.3. The van der Waals surface area contributed by atoms with Gasteiger partial charge in [-0.25, -0.2) is 9.97 Å². The lowest BCUT2D eigenvalue weighted by Crippen LogP contribution is -2.13. The maximum Gasteiger partial charge on any atom is 0.223 e. The lowest BCUT2D eigenvalue weighted by atomic mass is 10.1. The monoisotopic (exact) mass is 465 g/mol. The first kappa shape index (κ1) is 22.2. The number of aryl methyl sites for hydroxylation is 1. The van der Waals surface area contributed by atoms with E-state index in [4.69, 9.17) is 11.6 Å². The number of carbonyl (C=O) groups excluding carboxylic acids is 1. The van der Waals surface area contributed by atoms with Gasteiger partial charge in [0.25, 0.3) is 0 Å². The average Bonchev–Trinajstić information content (AvgIpc) is 3.45. The Hall–Kier alpha value is -3.03. The van der Waals surface area contributed by atoms with E-state index in [1.807, 2.05) is 65.5 Å². The van der Waals surface area contributed by atoms with Gasteiger partial charge in [0.05, 0.1) is 6.33 Å². The highest BCUT2D eigenvalue weighted by Crippen LogP contribution is 2.29. The number of amides is 1. The molecule has 0 saturated carbocycles. The molecule has 8 heteroatoms. The van der Waals surface area contributed by atoms with E-state index in [0.29, 0.717) is 11.2 Å². The minimum atomic E-state index is -0.146. The predicted molar refractivity (Wildman–Crippen MR) is 130 cm³/mol. The molecule has 2 heterocycles. The smallest absolute Gasteiger partial charge is 0.223 e. The van der Waals surface area contributed by atoms with Gasteiger partial charge in [0.1, 0.15) is 0 Å². The number of aromatic nitrogens is 4. The van der Waals surface area contributed by atoms with Crippen LogP contribution in [0.2, 0.25) is 5.02 Å². The second kappa shape index (κ2) is 10.5. The van der Waals surface area contributed by atoms with Gasteiger partial charge in [-0.15, -0.1) is 11.8 Å². The third-order valence-corrected chi connectivity index (χ3v) is 6.50. The van der Waals surface area contributed by atoms with E-state index in [0.717, 1.165) is 30.1 Å². The summed E-state index contributed by atoms with van der Waals surface area (Å²) in [6.45, 7) is 2.36. The third-order valence-electron chi connectivity index (χ3n) is 4.99. The van der Waals surface area contributed by atoms with Crippen molar-refractivity contribution < 1.29 is 4.79 Å². The number of nitrogens with one attached hydrogen (secondary N) is 1. The Morgan fingerprint density at radius 1 is 1.09 bits per heavy atom. The van der Waals surface area contributed by atoms with Crippen LogP contribution in [0.1, 0.15) is 18.9 Å². The van der Waals surface area contributed by atoms with Crippen molar-refractivity contribution in [1.29, 1.82) is 0 Å². The minimum Gasteiger partial charge on any atom is -0.336 e. The third kappa shape index (κ3) is 6.02. The van der Waals surface area contributed by atoms with Gasteiger partial charge < -0.3 is 4.57 Å². The fourth-order valence-electron chi connectivity index (χ4n) is 3.44. The van der Waals surface area contributed by atoms with Crippen LogP contribution in [0.15, 0.2) is 84.5 Å². The van der Waals surface area contributed by atoms with Gasteiger partial charge in [-0.3, -0.25) is 14.7 Å². The fraction of sp³-hybridized carbons (Fsp3) is 0.208. The summed E-state index contributed by atoms with van der Waals surface area (Å²) < 4.78 is 3.98. The summed E-state index contributed by atoms with van der Waals surface area (Å²) in [7, 11) is 0. The van der Waals surface area contributed by atoms with E-state index in [-0.39, 0.29) is 5.91 Å². The summed E-state index contributed by atoms with van der Waals surface area (Å²) in [4.78, 5) is 21.0. The zero-order valence-electron chi connectivity index (χ0n) is 17.7. The molecule has 1 amide bonds.